The lowest BCUT2D eigenvalue weighted by molar-refractivity contribution is -0.118. The van der Waals surface area contributed by atoms with Gasteiger partial charge in [-0.05, 0) is 42.9 Å². The molecule has 0 bridgehead atoms. The molecule has 3 N–H and O–H groups in total. The molecular formula is C14H15BrN2OS. The average Bonchev–Trinajstić information content (AvgIpc) is 2.85. The van der Waals surface area contributed by atoms with Gasteiger partial charge in [-0.25, -0.2) is 0 Å². The quantitative estimate of drug-likeness (QED) is 0.832. The lowest BCUT2D eigenvalue weighted by Crippen LogP contribution is -2.20. The molecule has 2 saturated carbocycles. The molecule has 2 fully saturated rings. The molecule has 100 valence electrons. The van der Waals surface area contributed by atoms with Crippen LogP contribution in [0.1, 0.15) is 24.8 Å². The van der Waals surface area contributed by atoms with E-state index >= 15 is 0 Å². The summed E-state index contributed by atoms with van der Waals surface area (Å²) in [6.07, 6.45) is 3.67. The minimum absolute atomic E-state index is 0.120. The van der Waals surface area contributed by atoms with E-state index in [1.54, 1.807) is 0 Å². The van der Waals surface area contributed by atoms with Crippen LogP contribution in [0.15, 0.2) is 22.7 Å². The Labute approximate surface area is 126 Å². The molecule has 0 saturated heterocycles. The Morgan fingerprint density at radius 2 is 2.05 bits per heavy atom. The van der Waals surface area contributed by atoms with Gasteiger partial charge in [0.25, 0.3) is 0 Å². The van der Waals surface area contributed by atoms with Crippen LogP contribution in [-0.4, -0.2) is 10.9 Å². The minimum Gasteiger partial charge on any atom is -0.389 e. The molecular weight excluding hydrogens is 324 g/mol. The zero-order chi connectivity index (χ0) is 13.6. The summed E-state index contributed by atoms with van der Waals surface area (Å²) in [5.41, 5.74) is 7.13. The Kier molecular flexibility index (Phi) is 3.35. The number of halogens is 1. The number of hydrogen-bond acceptors (Lipinski definition) is 2. The van der Waals surface area contributed by atoms with Gasteiger partial charge in [-0.1, -0.05) is 34.6 Å². The first-order chi connectivity index (χ1) is 9.08. The number of fused-ring (bicyclic) bond motifs is 1. The Hall–Kier alpha value is -0.940. The molecule has 1 aromatic rings. The van der Waals surface area contributed by atoms with Crippen LogP contribution >= 0.6 is 28.1 Å². The highest BCUT2D eigenvalue weighted by Crippen LogP contribution is 2.57. The van der Waals surface area contributed by atoms with Crippen molar-refractivity contribution in [2.24, 2.45) is 23.5 Å². The highest BCUT2D eigenvalue weighted by molar-refractivity contribution is 9.10. The van der Waals surface area contributed by atoms with Gasteiger partial charge < -0.3 is 11.1 Å². The third kappa shape index (κ3) is 2.41. The van der Waals surface area contributed by atoms with Crippen molar-refractivity contribution in [3.63, 3.8) is 0 Å². The summed E-state index contributed by atoms with van der Waals surface area (Å²) >= 11 is 8.41. The fourth-order valence-corrected chi connectivity index (χ4v) is 3.79. The third-order valence-electron chi connectivity index (χ3n) is 4.21. The van der Waals surface area contributed by atoms with Crippen LogP contribution in [0.3, 0.4) is 0 Å². The molecule has 5 heteroatoms. The molecule has 0 radical (unpaired) electrons. The van der Waals surface area contributed by atoms with Gasteiger partial charge in [-0.15, -0.1) is 0 Å². The summed E-state index contributed by atoms with van der Waals surface area (Å²) in [5, 5.41) is 2.98. The monoisotopic (exact) mass is 338 g/mol. The van der Waals surface area contributed by atoms with Crippen molar-refractivity contribution in [1.29, 1.82) is 0 Å². The lowest BCUT2D eigenvalue weighted by Gasteiger charge is -2.11. The zero-order valence-corrected chi connectivity index (χ0v) is 12.8. The summed E-state index contributed by atoms with van der Waals surface area (Å²) in [5.74, 6) is 1.55. The standard InChI is InChI=1S/C14H15BrN2OS/c15-7-4-5-11(10(6-7)13(16)19)17-14(18)12-8-2-1-3-9(8)12/h4-6,8-9,12H,1-3H2,(H2,16,19)(H,17,18). The smallest absolute Gasteiger partial charge is 0.228 e. The number of nitrogens with one attached hydrogen (secondary N) is 1. The Bertz CT molecular complexity index is 550. The maximum Gasteiger partial charge on any atom is 0.228 e. The number of carbonyl (C=O) groups is 1. The van der Waals surface area contributed by atoms with E-state index in [1.165, 1.54) is 19.3 Å². The molecule has 0 spiro atoms. The van der Waals surface area contributed by atoms with Crippen molar-refractivity contribution in [2.75, 3.05) is 5.32 Å². The van der Waals surface area contributed by atoms with Crippen molar-refractivity contribution in [1.82, 2.24) is 0 Å². The molecule has 2 atom stereocenters. The molecule has 0 heterocycles. The van der Waals surface area contributed by atoms with Crippen molar-refractivity contribution < 1.29 is 4.79 Å². The van der Waals surface area contributed by atoms with Crippen molar-refractivity contribution in [3.8, 4) is 0 Å². The summed E-state index contributed by atoms with van der Waals surface area (Å²) in [6.45, 7) is 0. The Morgan fingerprint density at radius 3 is 2.68 bits per heavy atom. The molecule has 19 heavy (non-hydrogen) atoms. The molecule has 1 aromatic carbocycles. The number of benzene rings is 1. The molecule has 0 aromatic heterocycles. The minimum atomic E-state index is 0.120. The second kappa shape index (κ2) is 4.87. The maximum atomic E-state index is 12.2. The molecule has 3 rings (SSSR count). The van der Waals surface area contributed by atoms with E-state index in [0.717, 1.165) is 4.47 Å². The van der Waals surface area contributed by atoms with Gasteiger partial charge in [-0.2, -0.15) is 0 Å². The molecule has 2 aliphatic carbocycles. The first-order valence-electron chi connectivity index (χ1n) is 6.48. The Morgan fingerprint density at radius 1 is 1.37 bits per heavy atom. The van der Waals surface area contributed by atoms with Gasteiger partial charge in [0.05, 0.1) is 5.69 Å². The molecule has 1 amide bonds. The summed E-state index contributed by atoms with van der Waals surface area (Å²) in [6, 6.07) is 5.56. The highest BCUT2D eigenvalue weighted by atomic mass is 79.9. The fourth-order valence-electron chi connectivity index (χ4n) is 3.26. The van der Waals surface area contributed by atoms with Crippen molar-refractivity contribution in [2.45, 2.75) is 19.3 Å². The zero-order valence-electron chi connectivity index (χ0n) is 10.4. The van der Waals surface area contributed by atoms with E-state index in [0.29, 0.717) is 28.1 Å². The number of thiocarbonyl (C=S) groups is 1. The highest BCUT2D eigenvalue weighted by Gasteiger charge is 2.56. The largest absolute Gasteiger partial charge is 0.389 e. The maximum absolute atomic E-state index is 12.2. The second-order valence-corrected chi connectivity index (χ2v) is 6.68. The van der Waals surface area contributed by atoms with Crippen LogP contribution in [0.25, 0.3) is 0 Å². The number of anilines is 1. The van der Waals surface area contributed by atoms with Gasteiger partial charge in [0, 0.05) is 16.0 Å². The second-order valence-electron chi connectivity index (χ2n) is 5.33. The fraction of sp³-hybridized carbons (Fsp3) is 0.429. The number of amides is 1. The summed E-state index contributed by atoms with van der Waals surface area (Å²) in [4.78, 5) is 12.5. The van der Waals surface area contributed by atoms with Crippen molar-refractivity contribution in [3.05, 3.63) is 28.2 Å². The van der Waals surface area contributed by atoms with Crippen LogP contribution in [0.2, 0.25) is 0 Å². The third-order valence-corrected chi connectivity index (χ3v) is 4.93. The molecule has 0 aliphatic heterocycles. The molecule has 3 nitrogen and oxygen atoms in total. The number of carbonyl (C=O) groups excluding carboxylic acids is 1. The van der Waals surface area contributed by atoms with Crippen LogP contribution in [0.5, 0.6) is 0 Å². The lowest BCUT2D eigenvalue weighted by atomic mass is 10.1. The van der Waals surface area contributed by atoms with Gasteiger partial charge in [-0.3, -0.25) is 4.79 Å². The predicted molar refractivity (Wildman–Crippen MR) is 83.0 cm³/mol. The van der Waals surface area contributed by atoms with E-state index in [2.05, 4.69) is 21.2 Å². The summed E-state index contributed by atoms with van der Waals surface area (Å²) in [7, 11) is 0. The van der Waals surface area contributed by atoms with E-state index in [1.807, 2.05) is 18.2 Å². The number of nitrogens with two attached hydrogens (primary N) is 1. The van der Waals surface area contributed by atoms with Crippen LogP contribution in [-0.2, 0) is 4.79 Å². The van der Waals surface area contributed by atoms with E-state index in [-0.39, 0.29) is 11.8 Å². The van der Waals surface area contributed by atoms with Crippen LogP contribution < -0.4 is 11.1 Å². The van der Waals surface area contributed by atoms with Gasteiger partial charge in [0.1, 0.15) is 4.99 Å². The Balaban J connectivity index is 1.76. The predicted octanol–water partition coefficient (Wildman–Crippen LogP) is 3.07. The molecule has 2 unspecified atom stereocenters. The SMILES string of the molecule is NC(=S)c1cc(Br)ccc1NC(=O)C1C2CCCC21. The number of hydrogen-bond donors (Lipinski definition) is 2. The first-order valence-corrected chi connectivity index (χ1v) is 7.68. The van der Waals surface area contributed by atoms with Gasteiger partial charge in [0.15, 0.2) is 0 Å². The van der Waals surface area contributed by atoms with E-state index < -0.39 is 0 Å². The van der Waals surface area contributed by atoms with E-state index in [4.69, 9.17) is 18.0 Å². The van der Waals surface area contributed by atoms with Gasteiger partial charge >= 0.3 is 0 Å². The first kappa shape index (κ1) is 13.1. The topological polar surface area (TPSA) is 55.1 Å². The number of rotatable bonds is 3. The normalized spacial score (nSPS) is 27.7. The average molecular weight is 339 g/mol. The van der Waals surface area contributed by atoms with Crippen LogP contribution in [0.4, 0.5) is 5.69 Å². The summed E-state index contributed by atoms with van der Waals surface area (Å²) < 4.78 is 0.900. The van der Waals surface area contributed by atoms with E-state index in [9.17, 15) is 4.79 Å². The van der Waals surface area contributed by atoms with Crippen molar-refractivity contribution >= 4 is 44.7 Å². The van der Waals surface area contributed by atoms with Crippen LogP contribution in [0, 0.1) is 17.8 Å². The van der Waals surface area contributed by atoms with Gasteiger partial charge in [0.2, 0.25) is 5.91 Å². The molecule has 2 aliphatic rings.